The Morgan fingerprint density at radius 3 is 2.31 bits per heavy atom. The molecule has 0 spiro atoms. The zero-order valence-electron chi connectivity index (χ0n) is 15.6. The Bertz CT molecular complexity index is 1010. The molecule has 1 aromatic heterocycles. The van der Waals surface area contributed by atoms with Crippen LogP contribution in [0.4, 0.5) is 13.2 Å². The molecule has 1 saturated heterocycles. The number of ether oxygens (including phenoxy) is 1. The highest BCUT2D eigenvalue weighted by Crippen LogP contribution is 2.34. The SMILES string of the molecule is COc1ccc(-c2cc(C(=O)N3CC(C(F)(F)F)C3)nn2-c2ccccc2)cc1. The summed E-state index contributed by atoms with van der Waals surface area (Å²) in [6, 6.07) is 18.1. The van der Waals surface area contributed by atoms with Crippen molar-refractivity contribution in [3.8, 4) is 22.7 Å². The summed E-state index contributed by atoms with van der Waals surface area (Å²) in [6.45, 7) is -0.670. The molecular weight excluding hydrogens is 383 g/mol. The monoisotopic (exact) mass is 401 g/mol. The van der Waals surface area contributed by atoms with Gasteiger partial charge in [0.15, 0.2) is 5.69 Å². The van der Waals surface area contributed by atoms with Gasteiger partial charge in [0.25, 0.3) is 5.91 Å². The number of carbonyl (C=O) groups excluding carboxylic acids is 1. The first-order valence-electron chi connectivity index (χ1n) is 9.02. The highest BCUT2D eigenvalue weighted by atomic mass is 19.4. The van der Waals surface area contributed by atoms with Crippen LogP contribution in [0.15, 0.2) is 60.7 Å². The van der Waals surface area contributed by atoms with Crippen LogP contribution in [0.3, 0.4) is 0 Å². The third kappa shape index (κ3) is 3.70. The van der Waals surface area contributed by atoms with E-state index in [1.54, 1.807) is 30.0 Å². The van der Waals surface area contributed by atoms with Crippen LogP contribution in [-0.2, 0) is 0 Å². The van der Waals surface area contributed by atoms with E-state index in [1.807, 2.05) is 42.5 Å². The van der Waals surface area contributed by atoms with Crippen molar-refractivity contribution in [3.05, 3.63) is 66.4 Å². The third-order valence-electron chi connectivity index (χ3n) is 4.95. The van der Waals surface area contributed by atoms with E-state index < -0.39 is 18.0 Å². The van der Waals surface area contributed by atoms with Gasteiger partial charge in [0.2, 0.25) is 0 Å². The van der Waals surface area contributed by atoms with Gasteiger partial charge in [-0.05, 0) is 42.5 Å². The number of alkyl halides is 3. The van der Waals surface area contributed by atoms with E-state index in [1.165, 1.54) is 4.90 Å². The van der Waals surface area contributed by atoms with E-state index in [9.17, 15) is 18.0 Å². The van der Waals surface area contributed by atoms with Gasteiger partial charge in [0.1, 0.15) is 5.75 Å². The molecule has 29 heavy (non-hydrogen) atoms. The Balaban J connectivity index is 1.67. The molecule has 4 rings (SSSR count). The number of halogens is 3. The van der Waals surface area contributed by atoms with Crippen LogP contribution in [0.2, 0.25) is 0 Å². The molecule has 1 aliphatic rings. The number of likely N-dealkylation sites (tertiary alicyclic amines) is 1. The topological polar surface area (TPSA) is 47.4 Å². The van der Waals surface area contributed by atoms with Gasteiger partial charge in [-0.3, -0.25) is 4.79 Å². The fourth-order valence-corrected chi connectivity index (χ4v) is 3.23. The van der Waals surface area contributed by atoms with E-state index in [0.717, 1.165) is 11.3 Å². The molecule has 1 aliphatic heterocycles. The number of nitrogens with zero attached hydrogens (tertiary/aromatic N) is 3. The highest BCUT2D eigenvalue weighted by molar-refractivity contribution is 5.94. The lowest BCUT2D eigenvalue weighted by molar-refractivity contribution is -0.202. The highest BCUT2D eigenvalue weighted by Gasteiger charge is 2.49. The van der Waals surface area contributed by atoms with Crippen molar-refractivity contribution in [2.24, 2.45) is 5.92 Å². The van der Waals surface area contributed by atoms with Crippen LogP contribution >= 0.6 is 0 Å². The first kappa shape index (κ1) is 19.0. The van der Waals surface area contributed by atoms with E-state index >= 15 is 0 Å². The molecule has 5 nitrogen and oxygen atoms in total. The van der Waals surface area contributed by atoms with Crippen molar-refractivity contribution in [2.75, 3.05) is 20.2 Å². The number of aromatic nitrogens is 2. The Morgan fingerprint density at radius 2 is 1.72 bits per heavy atom. The molecule has 0 bridgehead atoms. The lowest BCUT2D eigenvalue weighted by atomic mass is 9.99. The normalized spacial score (nSPS) is 14.6. The molecule has 150 valence electrons. The summed E-state index contributed by atoms with van der Waals surface area (Å²) >= 11 is 0. The molecular formula is C21H18F3N3O2. The van der Waals surface area contributed by atoms with E-state index in [0.29, 0.717) is 11.4 Å². The van der Waals surface area contributed by atoms with E-state index in [-0.39, 0.29) is 18.8 Å². The van der Waals surface area contributed by atoms with Crippen LogP contribution in [0.25, 0.3) is 16.9 Å². The number of para-hydroxylation sites is 1. The summed E-state index contributed by atoms with van der Waals surface area (Å²) in [5.74, 6) is -1.28. The number of amides is 1. The van der Waals surface area contributed by atoms with Gasteiger partial charge in [0.05, 0.1) is 24.4 Å². The first-order valence-corrected chi connectivity index (χ1v) is 9.02. The number of hydrogen-bond acceptors (Lipinski definition) is 3. The minimum Gasteiger partial charge on any atom is -0.497 e. The summed E-state index contributed by atoms with van der Waals surface area (Å²) in [5.41, 5.74) is 2.32. The molecule has 0 aliphatic carbocycles. The standard InChI is InChI=1S/C21H18F3N3O2/c1-29-17-9-7-14(8-10-17)19-11-18(25-27(19)16-5-3-2-4-6-16)20(28)26-12-15(13-26)21(22,23)24/h2-11,15H,12-13H2,1H3. The summed E-state index contributed by atoms with van der Waals surface area (Å²) in [4.78, 5) is 13.9. The number of methoxy groups -OCH3 is 1. The molecule has 1 fully saturated rings. The van der Waals surface area contributed by atoms with Gasteiger partial charge in [-0.15, -0.1) is 0 Å². The number of carbonyl (C=O) groups is 1. The fourth-order valence-electron chi connectivity index (χ4n) is 3.23. The molecule has 3 aromatic rings. The Morgan fingerprint density at radius 1 is 1.07 bits per heavy atom. The predicted octanol–water partition coefficient (Wildman–Crippen LogP) is 4.18. The molecule has 2 heterocycles. The Hall–Kier alpha value is -3.29. The van der Waals surface area contributed by atoms with Gasteiger partial charge >= 0.3 is 6.18 Å². The molecule has 0 N–H and O–H groups in total. The molecule has 8 heteroatoms. The smallest absolute Gasteiger partial charge is 0.395 e. The average molecular weight is 401 g/mol. The third-order valence-corrected chi connectivity index (χ3v) is 4.95. The predicted molar refractivity (Wildman–Crippen MR) is 101 cm³/mol. The molecule has 0 saturated carbocycles. The van der Waals surface area contributed by atoms with E-state index in [2.05, 4.69) is 5.10 Å². The molecule has 2 aromatic carbocycles. The maximum Gasteiger partial charge on any atom is 0.395 e. The number of benzene rings is 2. The second-order valence-electron chi connectivity index (χ2n) is 6.84. The average Bonchev–Trinajstić information content (AvgIpc) is 3.12. The second kappa shape index (κ2) is 7.27. The summed E-state index contributed by atoms with van der Waals surface area (Å²) < 4.78 is 45.0. The molecule has 0 unspecified atom stereocenters. The van der Waals surface area contributed by atoms with Gasteiger partial charge < -0.3 is 9.64 Å². The maximum absolute atomic E-state index is 12.7. The van der Waals surface area contributed by atoms with Crippen LogP contribution in [0, 0.1) is 5.92 Å². The summed E-state index contributed by atoms with van der Waals surface area (Å²) in [7, 11) is 1.57. The van der Waals surface area contributed by atoms with Crippen LogP contribution in [0.5, 0.6) is 5.75 Å². The second-order valence-corrected chi connectivity index (χ2v) is 6.84. The van der Waals surface area contributed by atoms with Crippen molar-refractivity contribution in [1.29, 1.82) is 0 Å². The zero-order chi connectivity index (χ0) is 20.6. The van der Waals surface area contributed by atoms with Gasteiger partial charge in [-0.2, -0.15) is 18.3 Å². The van der Waals surface area contributed by atoms with Gasteiger partial charge in [0, 0.05) is 18.7 Å². The Kier molecular flexibility index (Phi) is 4.77. The maximum atomic E-state index is 12.7. The fraction of sp³-hybridized carbons (Fsp3) is 0.238. The molecule has 0 atom stereocenters. The van der Waals surface area contributed by atoms with Crippen molar-refractivity contribution in [2.45, 2.75) is 6.18 Å². The summed E-state index contributed by atoms with van der Waals surface area (Å²) in [6.07, 6.45) is -4.28. The number of hydrogen-bond donors (Lipinski definition) is 0. The zero-order valence-corrected chi connectivity index (χ0v) is 15.6. The van der Waals surface area contributed by atoms with Crippen molar-refractivity contribution >= 4 is 5.91 Å². The van der Waals surface area contributed by atoms with Crippen LogP contribution < -0.4 is 4.74 Å². The van der Waals surface area contributed by atoms with Crippen LogP contribution in [0.1, 0.15) is 10.5 Å². The van der Waals surface area contributed by atoms with Crippen molar-refractivity contribution in [3.63, 3.8) is 0 Å². The minimum absolute atomic E-state index is 0.111. The van der Waals surface area contributed by atoms with Crippen molar-refractivity contribution in [1.82, 2.24) is 14.7 Å². The largest absolute Gasteiger partial charge is 0.497 e. The first-order chi connectivity index (χ1) is 13.9. The molecule has 1 amide bonds. The number of rotatable bonds is 4. The molecule has 0 radical (unpaired) electrons. The summed E-state index contributed by atoms with van der Waals surface area (Å²) in [5, 5.41) is 4.40. The van der Waals surface area contributed by atoms with Gasteiger partial charge in [-0.25, -0.2) is 4.68 Å². The minimum atomic E-state index is -4.28. The van der Waals surface area contributed by atoms with Crippen molar-refractivity contribution < 1.29 is 22.7 Å². The quantitative estimate of drug-likeness (QED) is 0.659. The Labute approximate surface area is 165 Å². The lowest BCUT2D eigenvalue weighted by Gasteiger charge is -2.39. The van der Waals surface area contributed by atoms with Gasteiger partial charge in [-0.1, -0.05) is 18.2 Å². The lowest BCUT2D eigenvalue weighted by Crippen LogP contribution is -2.55. The van der Waals surface area contributed by atoms with E-state index in [4.69, 9.17) is 4.74 Å². The van der Waals surface area contributed by atoms with Crippen LogP contribution in [-0.4, -0.2) is 47.0 Å².